The maximum Gasteiger partial charge on any atom is 0.258 e. The maximum absolute atomic E-state index is 15.6. The van der Waals surface area contributed by atoms with Gasteiger partial charge < -0.3 is 21.1 Å². The quantitative estimate of drug-likeness (QED) is 0.501. The number of nitrogen functional groups attached to an aromatic ring is 1. The first-order valence-corrected chi connectivity index (χ1v) is 10.9. The summed E-state index contributed by atoms with van der Waals surface area (Å²) in [6.45, 7) is 0.537. The number of aromatic nitrogens is 4. The molecule has 3 aromatic rings. The van der Waals surface area contributed by atoms with Crippen molar-refractivity contribution in [1.82, 2.24) is 24.9 Å². The Morgan fingerprint density at radius 1 is 1.36 bits per heavy atom. The molecule has 1 aromatic carbocycles. The first kappa shape index (κ1) is 21.6. The van der Waals surface area contributed by atoms with Crippen molar-refractivity contribution in [3.63, 3.8) is 0 Å². The fourth-order valence-corrected chi connectivity index (χ4v) is 5.49. The van der Waals surface area contributed by atoms with Crippen molar-refractivity contribution >= 4 is 29.0 Å². The number of pyridine rings is 1. The molecule has 5 rings (SSSR count). The van der Waals surface area contributed by atoms with E-state index in [0.29, 0.717) is 35.8 Å². The molecule has 1 amide bonds. The molecule has 3 heterocycles. The lowest BCUT2D eigenvalue weighted by molar-refractivity contribution is 0.0824. The predicted molar refractivity (Wildman–Crippen MR) is 122 cm³/mol. The van der Waals surface area contributed by atoms with E-state index in [1.807, 2.05) is 0 Å². The highest BCUT2D eigenvalue weighted by Crippen LogP contribution is 2.54. The number of aliphatic hydroxyl groups excluding tert-OH is 1. The van der Waals surface area contributed by atoms with E-state index in [2.05, 4.69) is 20.6 Å². The molecular formula is C22H23ClFN7O2. The Balaban J connectivity index is 1.61. The molecular weight excluding hydrogens is 449 g/mol. The lowest BCUT2D eigenvalue weighted by Gasteiger charge is -2.25. The number of fused-ring (bicyclic) bond motifs is 2. The molecule has 11 heteroatoms. The van der Waals surface area contributed by atoms with E-state index >= 15 is 4.39 Å². The van der Waals surface area contributed by atoms with Crippen LogP contribution in [0.5, 0.6) is 0 Å². The number of hydrogen-bond acceptors (Lipinski definition) is 7. The molecule has 2 aromatic heterocycles. The molecule has 33 heavy (non-hydrogen) atoms. The summed E-state index contributed by atoms with van der Waals surface area (Å²) in [6, 6.07) is 2.73. The number of halogens is 2. The van der Waals surface area contributed by atoms with Gasteiger partial charge in [-0.05, 0) is 25.0 Å². The third-order valence-electron chi connectivity index (χ3n) is 6.65. The highest BCUT2D eigenvalue weighted by Gasteiger charge is 2.52. The smallest absolute Gasteiger partial charge is 0.258 e. The van der Waals surface area contributed by atoms with Gasteiger partial charge in [0.05, 0.1) is 28.9 Å². The fraction of sp³-hybridized carbons (Fsp3) is 0.364. The van der Waals surface area contributed by atoms with Gasteiger partial charge in [-0.3, -0.25) is 4.79 Å². The van der Waals surface area contributed by atoms with Crippen LogP contribution in [-0.4, -0.2) is 62.6 Å². The second kappa shape index (κ2) is 7.67. The number of hydrogen-bond donors (Lipinski definition) is 3. The average Bonchev–Trinajstić information content (AvgIpc) is 3.49. The molecule has 172 valence electrons. The molecule has 1 fully saturated rings. The van der Waals surface area contributed by atoms with Crippen LogP contribution in [0.25, 0.3) is 11.1 Å². The zero-order valence-corrected chi connectivity index (χ0v) is 18.8. The molecule has 2 aliphatic rings. The molecule has 0 saturated heterocycles. The highest BCUT2D eigenvalue weighted by atomic mass is 35.5. The summed E-state index contributed by atoms with van der Waals surface area (Å²) in [7, 11) is 3.06. The van der Waals surface area contributed by atoms with Crippen molar-refractivity contribution < 1.29 is 14.3 Å². The Hall–Kier alpha value is -3.24. The molecule has 9 nitrogen and oxygen atoms in total. The lowest BCUT2D eigenvalue weighted by atomic mass is 9.80. The van der Waals surface area contributed by atoms with Gasteiger partial charge >= 0.3 is 0 Å². The summed E-state index contributed by atoms with van der Waals surface area (Å²) in [5.41, 5.74) is 6.50. The minimum absolute atomic E-state index is 0.0490. The number of aliphatic hydroxyl groups is 1. The number of amides is 1. The van der Waals surface area contributed by atoms with Crippen molar-refractivity contribution in [2.24, 2.45) is 0 Å². The van der Waals surface area contributed by atoms with Gasteiger partial charge in [0, 0.05) is 60.8 Å². The van der Waals surface area contributed by atoms with Gasteiger partial charge in [-0.15, -0.1) is 5.10 Å². The Kier molecular flexibility index (Phi) is 5.02. The number of nitrogens with one attached hydrogen (secondary N) is 1. The second-order valence-corrected chi connectivity index (χ2v) is 9.24. The van der Waals surface area contributed by atoms with Gasteiger partial charge in [-0.1, -0.05) is 16.8 Å². The first-order valence-electron chi connectivity index (χ1n) is 10.5. The number of carbonyl (C=O) groups is 1. The summed E-state index contributed by atoms with van der Waals surface area (Å²) < 4.78 is 17.2. The largest absolute Gasteiger partial charge is 0.398 e. The van der Waals surface area contributed by atoms with Crippen LogP contribution in [0.3, 0.4) is 0 Å². The zero-order chi connectivity index (χ0) is 23.5. The zero-order valence-electron chi connectivity index (χ0n) is 18.1. The molecule has 1 aliphatic heterocycles. The number of anilines is 2. The normalized spacial score (nSPS) is 23.5. The van der Waals surface area contributed by atoms with Gasteiger partial charge in [0.1, 0.15) is 11.6 Å². The van der Waals surface area contributed by atoms with Crippen LogP contribution in [0, 0.1) is 5.82 Å². The molecule has 0 radical (unpaired) electrons. The van der Waals surface area contributed by atoms with Crippen molar-refractivity contribution in [3.8, 4) is 11.1 Å². The lowest BCUT2D eigenvalue weighted by Crippen LogP contribution is -2.26. The Bertz CT molecular complexity index is 1250. The van der Waals surface area contributed by atoms with Gasteiger partial charge in [0.15, 0.2) is 0 Å². The number of benzene rings is 1. The third kappa shape index (κ3) is 3.24. The van der Waals surface area contributed by atoms with Gasteiger partial charge in [-0.2, -0.15) is 0 Å². The topological polar surface area (TPSA) is 122 Å². The predicted octanol–water partition coefficient (Wildman–Crippen LogP) is 2.48. The molecule has 0 bridgehead atoms. The molecule has 1 saturated carbocycles. The average molecular weight is 472 g/mol. The minimum Gasteiger partial charge on any atom is -0.398 e. The number of carbonyl (C=O) groups excluding carboxylic acids is 1. The molecule has 1 unspecified atom stereocenters. The summed E-state index contributed by atoms with van der Waals surface area (Å²) >= 11 is 6.90. The minimum atomic E-state index is -0.746. The van der Waals surface area contributed by atoms with Crippen LogP contribution < -0.4 is 11.1 Å². The van der Waals surface area contributed by atoms with E-state index in [1.165, 1.54) is 37.3 Å². The van der Waals surface area contributed by atoms with E-state index in [4.69, 9.17) is 17.3 Å². The maximum atomic E-state index is 15.6. The monoisotopic (exact) mass is 471 g/mol. The van der Waals surface area contributed by atoms with Crippen LogP contribution in [0.1, 0.15) is 34.8 Å². The SMILES string of the molecule is CN(C)C(=O)c1c(N)ccc(-c2cnc3c(c2Cl)[C@@]2(CN3)CC(n3ccnn3)[C@@H](O)C2)c1F. The molecule has 3 atom stereocenters. The number of rotatable bonds is 3. The Morgan fingerprint density at radius 3 is 2.85 bits per heavy atom. The first-order chi connectivity index (χ1) is 15.7. The van der Waals surface area contributed by atoms with Gasteiger partial charge in [-0.25, -0.2) is 14.1 Å². The number of nitrogens with zero attached hydrogens (tertiary/aromatic N) is 5. The summed E-state index contributed by atoms with van der Waals surface area (Å²) in [4.78, 5) is 18.3. The van der Waals surface area contributed by atoms with Crippen LogP contribution in [0.15, 0.2) is 30.7 Å². The van der Waals surface area contributed by atoms with Gasteiger partial charge in [0.25, 0.3) is 5.91 Å². The highest BCUT2D eigenvalue weighted by molar-refractivity contribution is 6.34. The second-order valence-electron chi connectivity index (χ2n) is 8.86. The van der Waals surface area contributed by atoms with Crippen LogP contribution in [0.2, 0.25) is 5.02 Å². The molecule has 1 aliphatic carbocycles. The van der Waals surface area contributed by atoms with Crippen molar-refractivity contribution in [1.29, 1.82) is 0 Å². The molecule has 4 N–H and O–H groups in total. The Labute approximate surface area is 194 Å². The van der Waals surface area contributed by atoms with Crippen LogP contribution in [0.4, 0.5) is 15.9 Å². The standard InChI is InChI=1S/C22H23ClFN7O2/c1-30(2)21(33)16-13(25)4-3-11(19(16)24)12-9-26-20-17(18(12)23)22(10-27-20)7-14(15(32)8-22)31-6-5-28-29-31/h3-6,9,14-15,32H,7-8,10,25H2,1-2H3,(H,26,27)/t14?,15-,22-/m0/s1. The van der Waals surface area contributed by atoms with E-state index in [9.17, 15) is 9.90 Å². The fourth-order valence-electron chi connectivity index (χ4n) is 5.04. The Morgan fingerprint density at radius 2 is 2.15 bits per heavy atom. The van der Waals surface area contributed by atoms with Gasteiger partial charge in [0.2, 0.25) is 0 Å². The summed E-state index contributed by atoms with van der Waals surface area (Å²) in [5.74, 6) is -0.676. The number of nitrogens with two attached hydrogens (primary N) is 1. The van der Waals surface area contributed by atoms with Crippen molar-refractivity contribution in [2.75, 3.05) is 31.7 Å². The van der Waals surface area contributed by atoms with E-state index in [0.717, 1.165) is 5.56 Å². The van der Waals surface area contributed by atoms with Crippen LogP contribution >= 0.6 is 11.6 Å². The van der Waals surface area contributed by atoms with Crippen LogP contribution in [-0.2, 0) is 5.41 Å². The van der Waals surface area contributed by atoms with E-state index in [-0.39, 0.29) is 22.9 Å². The van der Waals surface area contributed by atoms with E-state index in [1.54, 1.807) is 17.1 Å². The molecule has 1 spiro atoms. The van der Waals surface area contributed by atoms with Crippen molar-refractivity contribution in [3.05, 3.63) is 52.7 Å². The summed E-state index contributed by atoms with van der Waals surface area (Å²) in [6.07, 6.45) is 5.14. The van der Waals surface area contributed by atoms with Crippen molar-refractivity contribution in [2.45, 2.75) is 30.4 Å². The third-order valence-corrected chi connectivity index (χ3v) is 7.04. The summed E-state index contributed by atoms with van der Waals surface area (Å²) in [5, 5.41) is 22.3. The van der Waals surface area contributed by atoms with E-state index < -0.39 is 23.2 Å².